The number of hydrogen-bond donors (Lipinski definition) is 2. The quantitative estimate of drug-likeness (QED) is 0.590. The molecule has 1 amide bonds. The number of rotatable bonds is 7. The summed E-state index contributed by atoms with van der Waals surface area (Å²) in [5.74, 6) is -0.988. The molecule has 0 spiro atoms. The summed E-state index contributed by atoms with van der Waals surface area (Å²) in [6.45, 7) is 2.00. The number of hydrogen-bond acceptors (Lipinski definition) is 4. The highest BCUT2D eigenvalue weighted by Gasteiger charge is 2.16. The SMILES string of the molecule is CCCCCS(=O)(=O)CC(=O)Nc1ccccc1N. The lowest BCUT2D eigenvalue weighted by Crippen LogP contribution is -2.25. The van der Waals surface area contributed by atoms with Gasteiger partial charge in [-0.15, -0.1) is 0 Å². The highest BCUT2D eigenvalue weighted by Crippen LogP contribution is 2.16. The second kappa shape index (κ2) is 7.13. The van der Waals surface area contributed by atoms with E-state index in [2.05, 4.69) is 5.32 Å². The summed E-state index contributed by atoms with van der Waals surface area (Å²) in [7, 11) is -3.34. The third-order valence-electron chi connectivity index (χ3n) is 2.64. The fourth-order valence-corrected chi connectivity index (χ4v) is 2.90. The van der Waals surface area contributed by atoms with Crippen molar-refractivity contribution < 1.29 is 13.2 Å². The van der Waals surface area contributed by atoms with E-state index >= 15 is 0 Å². The Kier molecular flexibility index (Phi) is 5.82. The molecular weight excluding hydrogens is 264 g/mol. The van der Waals surface area contributed by atoms with Gasteiger partial charge in [0, 0.05) is 0 Å². The number of carbonyl (C=O) groups is 1. The van der Waals surface area contributed by atoms with Gasteiger partial charge in [0.15, 0.2) is 9.84 Å². The maximum atomic E-state index is 11.7. The van der Waals surface area contributed by atoms with E-state index in [1.54, 1.807) is 24.3 Å². The first-order valence-corrected chi connectivity index (χ1v) is 8.11. The number of unbranched alkanes of at least 4 members (excludes halogenated alkanes) is 2. The molecule has 0 radical (unpaired) electrons. The van der Waals surface area contributed by atoms with Crippen molar-refractivity contribution in [2.24, 2.45) is 0 Å². The second-order valence-electron chi connectivity index (χ2n) is 4.43. The molecule has 1 aromatic rings. The Balaban J connectivity index is 2.53. The van der Waals surface area contributed by atoms with E-state index in [1.807, 2.05) is 6.92 Å². The molecule has 0 saturated carbocycles. The van der Waals surface area contributed by atoms with Crippen LogP contribution < -0.4 is 11.1 Å². The lowest BCUT2D eigenvalue weighted by Gasteiger charge is -2.08. The van der Waals surface area contributed by atoms with Gasteiger partial charge in [-0.05, 0) is 18.6 Å². The highest BCUT2D eigenvalue weighted by atomic mass is 32.2. The van der Waals surface area contributed by atoms with E-state index in [0.717, 1.165) is 12.8 Å². The summed E-state index contributed by atoms with van der Waals surface area (Å²) < 4.78 is 23.4. The van der Waals surface area contributed by atoms with E-state index in [4.69, 9.17) is 5.73 Å². The average Bonchev–Trinajstić information content (AvgIpc) is 2.31. The molecule has 0 aliphatic heterocycles. The summed E-state index contributed by atoms with van der Waals surface area (Å²) in [4.78, 5) is 11.7. The van der Waals surface area contributed by atoms with Crippen molar-refractivity contribution in [2.45, 2.75) is 26.2 Å². The minimum Gasteiger partial charge on any atom is -0.397 e. The summed E-state index contributed by atoms with van der Waals surface area (Å²) in [5, 5.41) is 2.51. The van der Waals surface area contributed by atoms with Gasteiger partial charge in [-0.3, -0.25) is 4.79 Å². The minimum absolute atomic E-state index is 0.0541. The molecule has 19 heavy (non-hydrogen) atoms. The third kappa shape index (κ3) is 5.74. The number of carbonyl (C=O) groups excluding carboxylic acids is 1. The first-order chi connectivity index (χ1) is 8.94. The fourth-order valence-electron chi connectivity index (χ4n) is 1.64. The van der Waals surface area contributed by atoms with Gasteiger partial charge in [0.1, 0.15) is 5.75 Å². The first-order valence-electron chi connectivity index (χ1n) is 6.29. The number of anilines is 2. The normalized spacial score (nSPS) is 11.2. The summed E-state index contributed by atoms with van der Waals surface area (Å²) in [6.07, 6.45) is 2.40. The van der Waals surface area contributed by atoms with Crippen LogP contribution in [0, 0.1) is 0 Å². The van der Waals surface area contributed by atoms with Crippen LogP contribution >= 0.6 is 0 Å². The van der Waals surface area contributed by atoms with Crippen LogP contribution in [-0.2, 0) is 14.6 Å². The van der Waals surface area contributed by atoms with Gasteiger partial charge in [-0.2, -0.15) is 0 Å². The molecular formula is C13H20N2O3S. The number of benzene rings is 1. The molecule has 0 unspecified atom stereocenters. The number of nitrogens with two attached hydrogens (primary N) is 1. The van der Waals surface area contributed by atoms with Crippen LogP contribution in [0.2, 0.25) is 0 Å². The maximum absolute atomic E-state index is 11.7. The lowest BCUT2D eigenvalue weighted by atomic mass is 10.3. The van der Waals surface area contributed by atoms with Crippen LogP contribution in [0.15, 0.2) is 24.3 Å². The zero-order valence-electron chi connectivity index (χ0n) is 11.1. The zero-order chi connectivity index (χ0) is 14.3. The molecule has 0 fully saturated rings. The highest BCUT2D eigenvalue weighted by molar-refractivity contribution is 7.92. The van der Waals surface area contributed by atoms with E-state index in [9.17, 15) is 13.2 Å². The second-order valence-corrected chi connectivity index (χ2v) is 6.62. The van der Waals surface area contributed by atoms with Gasteiger partial charge in [0.25, 0.3) is 0 Å². The van der Waals surface area contributed by atoms with Gasteiger partial charge in [-0.25, -0.2) is 8.42 Å². The monoisotopic (exact) mass is 284 g/mol. The Morgan fingerprint density at radius 1 is 1.26 bits per heavy atom. The van der Waals surface area contributed by atoms with E-state index in [-0.39, 0.29) is 5.75 Å². The van der Waals surface area contributed by atoms with Crippen molar-refractivity contribution in [3.05, 3.63) is 24.3 Å². The fraction of sp³-hybridized carbons (Fsp3) is 0.462. The average molecular weight is 284 g/mol. The molecule has 1 rings (SSSR count). The lowest BCUT2D eigenvalue weighted by molar-refractivity contribution is -0.113. The van der Waals surface area contributed by atoms with Gasteiger partial charge in [0.2, 0.25) is 5.91 Å². The van der Waals surface area contributed by atoms with Gasteiger partial charge < -0.3 is 11.1 Å². The molecule has 0 aromatic heterocycles. The Labute approximate surface area is 114 Å². The Morgan fingerprint density at radius 3 is 2.58 bits per heavy atom. The number of amides is 1. The third-order valence-corrected chi connectivity index (χ3v) is 4.26. The van der Waals surface area contributed by atoms with E-state index in [1.165, 1.54) is 0 Å². The molecule has 0 heterocycles. The molecule has 0 aliphatic carbocycles. The van der Waals surface area contributed by atoms with Crippen molar-refractivity contribution >= 4 is 27.1 Å². The Hall–Kier alpha value is -1.56. The van der Waals surface area contributed by atoms with Crippen LogP contribution in [0.25, 0.3) is 0 Å². The van der Waals surface area contributed by atoms with E-state index in [0.29, 0.717) is 17.8 Å². The first kappa shape index (κ1) is 15.5. The number of sulfone groups is 1. The van der Waals surface area contributed by atoms with Crippen LogP contribution in [0.3, 0.4) is 0 Å². The molecule has 6 heteroatoms. The van der Waals surface area contributed by atoms with Crippen LogP contribution in [0.1, 0.15) is 26.2 Å². The number of para-hydroxylation sites is 2. The molecule has 0 aliphatic rings. The molecule has 5 nitrogen and oxygen atoms in total. The predicted molar refractivity (Wildman–Crippen MR) is 77.7 cm³/mol. The number of nitrogen functional groups attached to an aromatic ring is 1. The van der Waals surface area contributed by atoms with Crippen LogP contribution in [0.4, 0.5) is 11.4 Å². The molecule has 1 aromatic carbocycles. The Morgan fingerprint density at radius 2 is 1.95 bits per heavy atom. The topological polar surface area (TPSA) is 89.3 Å². The zero-order valence-corrected chi connectivity index (χ0v) is 11.9. The molecule has 106 valence electrons. The smallest absolute Gasteiger partial charge is 0.239 e. The summed E-state index contributed by atoms with van der Waals surface area (Å²) >= 11 is 0. The largest absolute Gasteiger partial charge is 0.397 e. The standard InChI is InChI=1S/C13H20N2O3S/c1-2-3-6-9-19(17,18)10-13(16)15-12-8-5-4-7-11(12)14/h4-5,7-8H,2-3,6,9-10,14H2,1H3,(H,15,16). The predicted octanol–water partition coefficient (Wildman–Crippen LogP) is 1.81. The minimum atomic E-state index is -3.34. The van der Waals surface area contributed by atoms with Crippen LogP contribution in [-0.4, -0.2) is 25.8 Å². The van der Waals surface area contributed by atoms with Crippen molar-refractivity contribution in [1.82, 2.24) is 0 Å². The Bertz CT molecular complexity index is 526. The van der Waals surface area contributed by atoms with Gasteiger partial charge in [0.05, 0.1) is 17.1 Å². The van der Waals surface area contributed by atoms with Crippen LogP contribution in [0.5, 0.6) is 0 Å². The van der Waals surface area contributed by atoms with Gasteiger partial charge in [-0.1, -0.05) is 31.9 Å². The summed E-state index contributed by atoms with van der Waals surface area (Å²) in [5.41, 5.74) is 6.52. The van der Waals surface area contributed by atoms with Crippen molar-refractivity contribution in [3.8, 4) is 0 Å². The molecule has 0 atom stereocenters. The number of nitrogens with one attached hydrogen (secondary N) is 1. The van der Waals surface area contributed by atoms with Gasteiger partial charge >= 0.3 is 0 Å². The van der Waals surface area contributed by atoms with E-state index < -0.39 is 21.5 Å². The molecule has 0 saturated heterocycles. The van der Waals surface area contributed by atoms with Crippen molar-refractivity contribution in [3.63, 3.8) is 0 Å². The maximum Gasteiger partial charge on any atom is 0.239 e. The van der Waals surface area contributed by atoms with Crippen molar-refractivity contribution in [1.29, 1.82) is 0 Å². The van der Waals surface area contributed by atoms with Crippen molar-refractivity contribution in [2.75, 3.05) is 22.6 Å². The molecule has 0 bridgehead atoms. The summed E-state index contributed by atoms with van der Waals surface area (Å²) in [6, 6.07) is 6.75. The molecule has 3 N–H and O–H groups in total.